The summed E-state index contributed by atoms with van der Waals surface area (Å²) in [4.78, 5) is 20.5. The molecule has 2 aromatic rings. The minimum absolute atomic E-state index is 0.0313. The molecule has 0 aliphatic heterocycles. The van der Waals surface area contributed by atoms with E-state index in [-0.39, 0.29) is 33.2 Å². The Morgan fingerprint density at radius 3 is 1.41 bits per heavy atom. The van der Waals surface area contributed by atoms with E-state index in [4.69, 9.17) is 61.0 Å². The molecule has 0 spiro atoms. The highest BCUT2D eigenvalue weighted by atomic mass is 35.5. The monoisotopic (exact) mass is 391 g/mol. The highest BCUT2D eigenvalue weighted by Gasteiger charge is 2.07. The Morgan fingerprint density at radius 1 is 0.727 bits per heavy atom. The van der Waals surface area contributed by atoms with Crippen molar-refractivity contribution in [3.63, 3.8) is 0 Å². The quantitative estimate of drug-likeness (QED) is 0.814. The molecule has 9 nitrogen and oxygen atoms in total. The largest absolute Gasteiger partial charge is 0.467 e. The molecule has 0 unspecified atom stereocenters. The second-order valence-corrected chi connectivity index (χ2v) is 4.17. The number of aromatic amines is 1. The molecule has 122 valence electrons. The Morgan fingerprint density at radius 2 is 1.09 bits per heavy atom. The second-order valence-electron chi connectivity index (χ2n) is 2.78. The van der Waals surface area contributed by atoms with Crippen LogP contribution >= 0.6 is 46.4 Å². The van der Waals surface area contributed by atoms with Gasteiger partial charge < -0.3 is 14.6 Å². The van der Waals surface area contributed by atoms with Gasteiger partial charge in [-0.1, -0.05) is 0 Å². The molecule has 0 fully saturated rings. The number of halogens is 4. The molecule has 22 heavy (non-hydrogen) atoms. The fourth-order valence-electron chi connectivity index (χ4n) is 0.825. The van der Waals surface area contributed by atoms with Crippen LogP contribution in [0.25, 0.3) is 0 Å². The fraction of sp³-hybridized carbons (Fsp3) is 0.333. The van der Waals surface area contributed by atoms with Gasteiger partial charge in [-0.3, -0.25) is 0 Å². The van der Waals surface area contributed by atoms with Crippen LogP contribution < -0.4 is 14.5 Å². The fourth-order valence-corrected chi connectivity index (χ4v) is 1.61. The summed E-state index contributed by atoms with van der Waals surface area (Å²) in [5.41, 5.74) is 0. The Balaban J connectivity index is 0.000000366. The summed E-state index contributed by atoms with van der Waals surface area (Å²) in [5.74, 6) is 0. The van der Waals surface area contributed by atoms with Gasteiger partial charge in [0.25, 0.3) is 0 Å². The average molecular weight is 393 g/mol. The molecule has 2 rings (SSSR count). The van der Waals surface area contributed by atoms with E-state index in [1.165, 1.54) is 14.2 Å². The minimum atomic E-state index is 0.0313. The van der Waals surface area contributed by atoms with Crippen LogP contribution in [0.3, 0.4) is 0 Å². The molecule has 0 aromatic carbocycles. The van der Waals surface area contributed by atoms with Crippen LogP contribution in [-0.2, 0) is 0 Å². The standard InChI is InChI=1S/C5H6ClN3O2.C3Cl3N3.CH4O/c1-10-4-7-3(6)8-5(9-4)11-2;4-1-7-2(5)9-3(6)8-1;1-2/h1-2H3;;2H,1H3/p+1. The summed E-state index contributed by atoms with van der Waals surface area (Å²) >= 11 is 21.6. The van der Waals surface area contributed by atoms with Crippen LogP contribution in [0.15, 0.2) is 0 Å². The molecule has 0 saturated heterocycles. The summed E-state index contributed by atoms with van der Waals surface area (Å²) in [7, 11) is 3.87. The van der Waals surface area contributed by atoms with Crippen LogP contribution in [0.2, 0.25) is 21.1 Å². The van der Waals surface area contributed by atoms with Gasteiger partial charge in [-0.15, -0.1) is 4.98 Å². The molecule has 2 aromatic heterocycles. The zero-order valence-corrected chi connectivity index (χ0v) is 14.5. The van der Waals surface area contributed by atoms with E-state index in [1.54, 1.807) is 0 Å². The predicted molar refractivity (Wildman–Crippen MR) is 79.7 cm³/mol. The zero-order valence-electron chi connectivity index (χ0n) is 11.5. The van der Waals surface area contributed by atoms with E-state index in [0.29, 0.717) is 0 Å². The van der Waals surface area contributed by atoms with E-state index in [0.717, 1.165) is 7.11 Å². The molecule has 0 aliphatic rings. The maximum atomic E-state index is 7.00. The van der Waals surface area contributed by atoms with Crippen molar-refractivity contribution < 1.29 is 19.6 Å². The van der Waals surface area contributed by atoms with Crippen molar-refractivity contribution in [2.45, 2.75) is 0 Å². The number of methoxy groups -OCH3 is 2. The average Bonchev–Trinajstić information content (AvgIpc) is 2.47. The Labute approximate surface area is 145 Å². The first kappa shape index (κ1) is 20.7. The van der Waals surface area contributed by atoms with Gasteiger partial charge >= 0.3 is 27.9 Å². The van der Waals surface area contributed by atoms with Gasteiger partial charge in [0.15, 0.2) is 0 Å². The van der Waals surface area contributed by atoms with Crippen molar-refractivity contribution in [3.8, 4) is 12.0 Å². The first-order valence-electron chi connectivity index (χ1n) is 5.16. The van der Waals surface area contributed by atoms with Gasteiger partial charge in [-0.25, -0.2) is 4.98 Å². The number of hydrogen-bond acceptors (Lipinski definition) is 8. The number of ether oxygens (including phenoxy) is 2. The Hall–Kier alpha value is -1.26. The molecule has 0 aliphatic carbocycles. The number of aromatic nitrogens is 6. The lowest BCUT2D eigenvalue weighted by atomic mass is 11.0. The molecule has 0 bridgehead atoms. The van der Waals surface area contributed by atoms with Crippen molar-refractivity contribution in [3.05, 3.63) is 21.1 Å². The summed E-state index contributed by atoms with van der Waals surface area (Å²) < 4.78 is 9.42. The number of hydrogen-bond donors (Lipinski definition) is 1. The van der Waals surface area contributed by atoms with Crippen molar-refractivity contribution >= 4 is 46.4 Å². The highest BCUT2D eigenvalue weighted by molar-refractivity contribution is 6.32. The van der Waals surface area contributed by atoms with Gasteiger partial charge in [-0.2, -0.15) is 9.97 Å². The zero-order chi connectivity index (χ0) is 17.1. The van der Waals surface area contributed by atoms with Crippen LogP contribution in [0.4, 0.5) is 0 Å². The highest BCUT2D eigenvalue weighted by Crippen LogP contribution is 2.11. The molecule has 2 heterocycles. The first-order valence-corrected chi connectivity index (χ1v) is 6.68. The third-order valence-electron chi connectivity index (χ3n) is 1.52. The lowest BCUT2D eigenvalue weighted by Gasteiger charge is -1.99. The SMILES string of the molecule is CO.COc1nc(Cl)nc(OC)n1.Clc1nc(Cl)[nH+]c(Cl)n1. The molecule has 0 saturated carbocycles. The maximum Gasteiger partial charge on any atom is 0.374 e. The molecule has 0 atom stereocenters. The molecule has 0 amide bonds. The lowest BCUT2D eigenvalue weighted by molar-refractivity contribution is -0.382. The van der Waals surface area contributed by atoms with Crippen molar-refractivity contribution in [2.75, 3.05) is 21.3 Å². The third kappa shape index (κ3) is 8.25. The number of nitrogens with zero attached hydrogens (tertiary/aromatic N) is 5. The van der Waals surface area contributed by atoms with Gasteiger partial charge in [0.1, 0.15) is 0 Å². The topological polar surface area (TPSA) is 117 Å². The van der Waals surface area contributed by atoms with E-state index in [9.17, 15) is 0 Å². The Bertz CT molecular complexity index is 519. The van der Waals surface area contributed by atoms with Gasteiger partial charge in [0, 0.05) is 7.11 Å². The summed E-state index contributed by atoms with van der Waals surface area (Å²) in [5, 5.41) is 7.33. The van der Waals surface area contributed by atoms with Crippen molar-refractivity contribution in [1.82, 2.24) is 24.9 Å². The van der Waals surface area contributed by atoms with Crippen LogP contribution in [-0.4, -0.2) is 51.4 Å². The second kappa shape index (κ2) is 11.3. The molecule has 13 heteroatoms. The summed E-state index contributed by atoms with van der Waals surface area (Å²) in [6.07, 6.45) is 0. The van der Waals surface area contributed by atoms with E-state index < -0.39 is 0 Å². The van der Waals surface area contributed by atoms with E-state index >= 15 is 0 Å². The summed E-state index contributed by atoms with van der Waals surface area (Å²) in [6.45, 7) is 0. The van der Waals surface area contributed by atoms with Gasteiger partial charge in [0.2, 0.25) is 5.28 Å². The lowest BCUT2D eigenvalue weighted by Crippen LogP contribution is -2.09. The van der Waals surface area contributed by atoms with Crippen LogP contribution in [0.5, 0.6) is 12.0 Å². The maximum absolute atomic E-state index is 7.00. The molecule has 0 radical (unpaired) electrons. The van der Waals surface area contributed by atoms with E-state index in [2.05, 4.69) is 29.9 Å². The van der Waals surface area contributed by atoms with Gasteiger partial charge in [0.05, 0.1) is 14.2 Å². The third-order valence-corrected chi connectivity index (χ3v) is 2.22. The minimum Gasteiger partial charge on any atom is -0.467 e. The Kier molecular flexibility index (Phi) is 10.7. The van der Waals surface area contributed by atoms with E-state index in [1.807, 2.05) is 0 Å². The number of nitrogens with one attached hydrogen (secondary N) is 1. The molecule has 2 N–H and O–H groups in total. The van der Waals surface area contributed by atoms with Crippen molar-refractivity contribution in [1.29, 1.82) is 0 Å². The van der Waals surface area contributed by atoms with Crippen LogP contribution in [0, 0.1) is 0 Å². The number of aliphatic hydroxyl groups is 1. The normalized spacial score (nSPS) is 8.91. The molecular weight excluding hydrogens is 382 g/mol. The number of aliphatic hydroxyl groups excluding tert-OH is 1. The number of rotatable bonds is 2. The predicted octanol–water partition coefficient (Wildman–Crippen LogP) is 1.40. The first-order chi connectivity index (χ1) is 10.4. The molecular formula is C9H11Cl4N6O3+. The van der Waals surface area contributed by atoms with Gasteiger partial charge in [-0.05, 0) is 56.4 Å². The smallest absolute Gasteiger partial charge is 0.374 e. The summed E-state index contributed by atoms with van der Waals surface area (Å²) in [6, 6.07) is 0.281. The number of H-pyrrole nitrogens is 1. The van der Waals surface area contributed by atoms with Crippen molar-refractivity contribution in [2.24, 2.45) is 0 Å². The van der Waals surface area contributed by atoms with Crippen LogP contribution in [0.1, 0.15) is 0 Å².